The predicted octanol–water partition coefficient (Wildman–Crippen LogP) is 8.12. The van der Waals surface area contributed by atoms with Crippen molar-refractivity contribution in [1.82, 2.24) is 14.9 Å². The summed E-state index contributed by atoms with van der Waals surface area (Å²) < 4.78 is 13.5. The van der Waals surface area contributed by atoms with Crippen molar-refractivity contribution in [2.75, 3.05) is 12.0 Å². The van der Waals surface area contributed by atoms with Crippen LogP contribution < -0.4 is 19.7 Å². The molecule has 0 unspecified atom stereocenters. The van der Waals surface area contributed by atoms with Crippen LogP contribution in [0.5, 0.6) is 17.2 Å². The first-order valence-electron chi connectivity index (χ1n) is 13.3. The van der Waals surface area contributed by atoms with E-state index in [9.17, 15) is 0 Å². The van der Waals surface area contributed by atoms with Crippen molar-refractivity contribution in [1.29, 1.82) is 0 Å². The Morgan fingerprint density at radius 2 is 1.51 bits per heavy atom. The maximum atomic E-state index is 6.64. The number of benzene rings is 3. The molecule has 1 aliphatic heterocycles. The van der Waals surface area contributed by atoms with Gasteiger partial charge in [-0.05, 0) is 110 Å². The maximum Gasteiger partial charge on any atom is 0.174 e. The van der Waals surface area contributed by atoms with E-state index in [4.69, 9.17) is 38.3 Å². The molecule has 0 radical (unpaired) electrons. The molecule has 1 saturated heterocycles. The molecule has 1 aliphatic rings. The Hall–Kier alpha value is -4.33. The second-order valence-electron chi connectivity index (χ2n) is 9.88. The van der Waals surface area contributed by atoms with Crippen molar-refractivity contribution in [2.45, 2.75) is 25.9 Å². The number of thiocarbonyl (C=S) groups is 1. The first-order chi connectivity index (χ1) is 19.9. The zero-order valence-electron chi connectivity index (χ0n) is 22.9. The topological polar surface area (TPSA) is 51.6 Å². The van der Waals surface area contributed by atoms with Crippen LogP contribution in [0.1, 0.15) is 34.7 Å². The van der Waals surface area contributed by atoms with E-state index in [2.05, 4.69) is 34.7 Å². The van der Waals surface area contributed by atoms with Crippen LogP contribution in [0.15, 0.2) is 103 Å². The zero-order valence-corrected chi connectivity index (χ0v) is 24.5. The number of halogens is 1. The molecule has 206 valence electrons. The Morgan fingerprint density at radius 3 is 2.17 bits per heavy atom. The van der Waals surface area contributed by atoms with E-state index in [1.807, 2.05) is 97.2 Å². The molecule has 41 heavy (non-hydrogen) atoms. The molecule has 8 heteroatoms. The average Bonchev–Trinajstić information content (AvgIpc) is 3.49. The van der Waals surface area contributed by atoms with Crippen molar-refractivity contribution in [3.63, 3.8) is 0 Å². The fourth-order valence-electron chi connectivity index (χ4n) is 5.49. The van der Waals surface area contributed by atoms with Gasteiger partial charge in [0.25, 0.3) is 0 Å². The highest BCUT2D eigenvalue weighted by molar-refractivity contribution is 7.80. The number of hydrogen-bond donors (Lipinski definition) is 1. The number of anilines is 1. The Morgan fingerprint density at radius 1 is 0.854 bits per heavy atom. The van der Waals surface area contributed by atoms with Crippen LogP contribution in [0.25, 0.3) is 5.69 Å². The second-order valence-corrected chi connectivity index (χ2v) is 10.7. The number of aromatic nitrogens is 2. The summed E-state index contributed by atoms with van der Waals surface area (Å²) >= 11 is 12.6. The lowest BCUT2D eigenvalue weighted by Gasteiger charge is -2.28. The van der Waals surface area contributed by atoms with Crippen LogP contribution in [0.2, 0.25) is 5.02 Å². The van der Waals surface area contributed by atoms with Crippen LogP contribution >= 0.6 is 23.8 Å². The van der Waals surface area contributed by atoms with Gasteiger partial charge in [-0.1, -0.05) is 29.8 Å². The van der Waals surface area contributed by atoms with E-state index in [0.717, 1.165) is 51.3 Å². The van der Waals surface area contributed by atoms with E-state index < -0.39 is 0 Å². The predicted molar refractivity (Wildman–Crippen MR) is 168 cm³/mol. The fourth-order valence-corrected chi connectivity index (χ4v) is 6.06. The molecule has 3 aromatic carbocycles. The lowest BCUT2D eigenvalue weighted by Crippen LogP contribution is -2.29. The van der Waals surface area contributed by atoms with Gasteiger partial charge >= 0.3 is 0 Å². The van der Waals surface area contributed by atoms with Crippen LogP contribution in [0, 0.1) is 13.8 Å². The molecule has 0 saturated carbocycles. The Bertz CT molecular complexity index is 1690. The van der Waals surface area contributed by atoms with Gasteiger partial charge in [-0.15, -0.1) is 0 Å². The van der Waals surface area contributed by atoms with Gasteiger partial charge in [0.15, 0.2) is 5.11 Å². The number of ether oxygens (including phenoxy) is 2. The smallest absolute Gasteiger partial charge is 0.174 e. The SMILES string of the molecule is COc1ccc(Oc2ccc(N3C(=S)N[C@@H](c4ccccn4)[C@@H]3c3cc(C)n(-c4ccccc4Cl)c3C)cc2)cc1. The number of hydrogen-bond acceptors (Lipinski definition) is 4. The summed E-state index contributed by atoms with van der Waals surface area (Å²) in [7, 11) is 1.65. The minimum Gasteiger partial charge on any atom is -0.497 e. The van der Waals surface area contributed by atoms with Gasteiger partial charge in [0.05, 0.1) is 35.6 Å². The number of pyridine rings is 1. The molecule has 0 amide bonds. The summed E-state index contributed by atoms with van der Waals surface area (Å²) in [5.74, 6) is 2.24. The quantitative estimate of drug-likeness (QED) is 0.196. The van der Waals surface area contributed by atoms with E-state index in [1.54, 1.807) is 7.11 Å². The van der Waals surface area contributed by atoms with Crippen LogP contribution in [-0.4, -0.2) is 21.8 Å². The third-order valence-corrected chi connectivity index (χ3v) is 8.02. The first-order valence-corrected chi connectivity index (χ1v) is 14.1. The molecule has 2 aromatic heterocycles. The molecule has 1 fully saturated rings. The monoisotopic (exact) mass is 580 g/mol. The fraction of sp³-hybridized carbons (Fsp3) is 0.152. The molecule has 3 heterocycles. The average molecular weight is 581 g/mol. The van der Waals surface area contributed by atoms with Gasteiger partial charge in [-0.3, -0.25) is 4.98 Å². The minimum absolute atomic E-state index is 0.145. The largest absolute Gasteiger partial charge is 0.497 e. The highest BCUT2D eigenvalue weighted by atomic mass is 35.5. The number of rotatable bonds is 7. The van der Waals surface area contributed by atoms with Crippen LogP contribution in [-0.2, 0) is 0 Å². The van der Waals surface area contributed by atoms with Crippen molar-refractivity contribution >= 4 is 34.6 Å². The van der Waals surface area contributed by atoms with Gasteiger partial charge in [-0.25, -0.2) is 0 Å². The standard InChI is InChI=1S/C33H29ClN4O2S/c1-21-20-27(22(2)37(21)30-10-5-4-8-28(30)34)32-31(29-9-6-7-19-35-29)36-33(41)38(32)23-11-13-25(14-12-23)40-26-17-15-24(39-3)16-18-26/h4-20,31-32H,1-3H3,(H,36,41)/t31-,32-/m0/s1. The number of para-hydroxylation sites is 1. The van der Waals surface area contributed by atoms with E-state index >= 15 is 0 Å². The molecule has 2 atom stereocenters. The molecule has 1 N–H and O–H groups in total. The summed E-state index contributed by atoms with van der Waals surface area (Å²) in [4.78, 5) is 6.87. The Kier molecular flexibility index (Phi) is 7.39. The van der Waals surface area contributed by atoms with Gasteiger partial charge in [-0.2, -0.15) is 0 Å². The Labute approximate surface area is 250 Å². The highest BCUT2D eigenvalue weighted by Gasteiger charge is 2.42. The number of methoxy groups -OCH3 is 1. The normalized spacial score (nSPS) is 16.5. The van der Waals surface area contributed by atoms with Crippen molar-refractivity contribution in [2.24, 2.45) is 0 Å². The number of aryl methyl sites for hydroxylation is 1. The molecular formula is C33H29ClN4O2S. The molecule has 0 bridgehead atoms. The zero-order chi connectivity index (χ0) is 28.5. The molecule has 0 spiro atoms. The van der Waals surface area contributed by atoms with Gasteiger partial charge in [0, 0.05) is 23.3 Å². The minimum atomic E-state index is -0.154. The molecule has 0 aliphatic carbocycles. The first kappa shape index (κ1) is 26.9. The number of nitrogens with one attached hydrogen (secondary N) is 1. The summed E-state index contributed by atoms with van der Waals surface area (Å²) in [6.45, 7) is 4.23. The molecular weight excluding hydrogens is 552 g/mol. The molecule has 6 rings (SSSR count). The Balaban J connectivity index is 1.39. The van der Waals surface area contributed by atoms with Gasteiger partial charge in [0.2, 0.25) is 0 Å². The molecule has 6 nitrogen and oxygen atoms in total. The summed E-state index contributed by atoms with van der Waals surface area (Å²) in [6.07, 6.45) is 1.82. The van der Waals surface area contributed by atoms with Crippen LogP contribution in [0.4, 0.5) is 5.69 Å². The van der Waals surface area contributed by atoms with Crippen molar-refractivity contribution in [3.05, 3.63) is 131 Å². The van der Waals surface area contributed by atoms with Crippen molar-refractivity contribution < 1.29 is 9.47 Å². The third kappa shape index (κ3) is 5.14. The van der Waals surface area contributed by atoms with Crippen LogP contribution in [0.3, 0.4) is 0 Å². The number of nitrogens with zero attached hydrogens (tertiary/aromatic N) is 3. The third-order valence-electron chi connectivity index (χ3n) is 7.39. The van der Waals surface area contributed by atoms with Gasteiger partial charge < -0.3 is 24.3 Å². The summed E-state index contributed by atoms with van der Waals surface area (Å²) in [6, 6.07) is 31.3. The summed E-state index contributed by atoms with van der Waals surface area (Å²) in [5.41, 5.74) is 6.15. The summed E-state index contributed by atoms with van der Waals surface area (Å²) in [5, 5.41) is 4.89. The van der Waals surface area contributed by atoms with E-state index in [1.165, 1.54) is 0 Å². The lowest BCUT2D eigenvalue weighted by atomic mass is 9.96. The van der Waals surface area contributed by atoms with Crippen molar-refractivity contribution in [3.8, 4) is 22.9 Å². The second kappa shape index (κ2) is 11.3. The highest BCUT2D eigenvalue weighted by Crippen LogP contribution is 2.44. The maximum absolute atomic E-state index is 6.64. The van der Waals surface area contributed by atoms with Gasteiger partial charge in [0.1, 0.15) is 17.2 Å². The lowest BCUT2D eigenvalue weighted by molar-refractivity contribution is 0.413. The van der Waals surface area contributed by atoms with E-state index in [-0.39, 0.29) is 12.1 Å². The molecule has 5 aromatic rings. The van der Waals surface area contributed by atoms with E-state index in [0.29, 0.717) is 10.1 Å².